The lowest BCUT2D eigenvalue weighted by atomic mass is 10.2. The molecule has 5 heteroatoms. The third kappa shape index (κ3) is 3.30. The molecule has 0 saturated carbocycles. The second-order valence-electron chi connectivity index (χ2n) is 4.17. The van der Waals surface area contributed by atoms with Crippen molar-refractivity contribution in [1.29, 1.82) is 0 Å². The molecule has 0 aliphatic carbocycles. The first kappa shape index (κ1) is 12.1. The highest BCUT2D eigenvalue weighted by Crippen LogP contribution is 2.14. The Morgan fingerprint density at radius 3 is 3.12 bits per heavy atom. The first-order valence-electron chi connectivity index (χ1n) is 5.97. The zero-order valence-corrected chi connectivity index (χ0v) is 11.1. The zero-order chi connectivity index (χ0) is 12.1. The van der Waals surface area contributed by atoms with Crippen molar-refractivity contribution in [1.82, 2.24) is 15.0 Å². The maximum atomic E-state index is 4.06. The minimum atomic E-state index is 0.391. The lowest BCUT2D eigenvalue weighted by Gasteiger charge is -2.14. The molecule has 0 aromatic carbocycles. The van der Waals surface area contributed by atoms with Gasteiger partial charge in [-0.15, -0.1) is 16.4 Å². The molecule has 92 valence electrons. The summed E-state index contributed by atoms with van der Waals surface area (Å²) in [4.78, 5) is 1.40. The van der Waals surface area contributed by atoms with Gasteiger partial charge in [-0.25, -0.2) is 4.68 Å². The van der Waals surface area contributed by atoms with Gasteiger partial charge in [0.25, 0.3) is 0 Å². The van der Waals surface area contributed by atoms with Crippen LogP contribution in [0.1, 0.15) is 25.1 Å². The fraction of sp³-hybridized carbons (Fsp3) is 0.500. The molecule has 4 nitrogen and oxygen atoms in total. The topological polar surface area (TPSA) is 42.7 Å². The number of nitrogens with zero attached hydrogens (tertiary/aromatic N) is 3. The van der Waals surface area contributed by atoms with Gasteiger partial charge in [-0.1, -0.05) is 18.2 Å². The van der Waals surface area contributed by atoms with Crippen molar-refractivity contribution in [3.8, 4) is 0 Å². The van der Waals surface area contributed by atoms with E-state index < -0.39 is 0 Å². The molecule has 0 spiro atoms. The first-order valence-corrected chi connectivity index (χ1v) is 6.85. The summed E-state index contributed by atoms with van der Waals surface area (Å²) >= 11 is 1.80. The zero-order valence-electron chi connectivity index (χ0n) is 10.3. The third-order valence-electron chi connectivity index (χ3n) is 2.53. The Labute approximate surface area is 106 Å². The van der Waals surface area contributed by atoms with Crippen molar-refractivity contribution in [2.24, 2.45) is 0 Å². The van der Waals surface area contributed by atoms with E-state index in [1.165, 1.54) is 4.88 Å². The molecule has 1 N–H and O–H groups in total. The lowest BCUT2D eigenvalue weighted by Crippen LogP contribution is -2.20. The standard InChI is InChI=1S/C12H18N4S/c1-3-6-16-12(9-13-15-16)14-10(2)8-11-5-4-7-17-11/h4-5,7,9-10,14H,3,6,8H2,1-2H3. The van der Waals surface area contributed by atoms with E-state index in [0.29, 0.717) is 6.04 Å². The van der Waals surface area contributed by atoms with E-state index in [9.17, 15) is 0 Å². The van der Waals surface area contributed by atoms with Crippen molar-refractivity contribution in [2.45, 2.75) is 39.3 Å². The largest absolute Gasteiger partial charge is 0.366 e. The molecular formula is C12H18N4S. The Morgan fingerprint density at radius 1 is 1.53 bits per heavy atom. The van der Waals surface area contributed by atoms with Gasteiger partial charge in [0.1, 0.15) is 5.82 Å². The summed E-state index contributed by atoms with van der Waals surface area (Å²) in [6.45, 7) is 5.23. The summed E-state index contributed by atoms with van der Waals surface area (Å²) in [5.41, 5.74) is 0. The minimum absolute atomic E-state index is 0.391. The van der Waals surface area contributed by atoms with Crippen LogP contribution in [0.25, 0.3) is 0 Å². The van der Waals surface area contributed by atoms with Crippen LogP contribution in [-0.2, 0) is 13.0 Å². The number of hydrogen-bond acceptors (Lipinski definition) is 4. The molecule has 0 amide bonds. The molecule has 2 heterocycles. The van der Waals surface area contributed by atoms with Crippen LogP contribution in [0, 0.1) is 0 Å². The Morgan fingerprint density at radius 2 is 2.41 bits per heavy atom. The van der Waals surface area contributed by atoms with Gasteiger partial charge in [0.2, 0.25) is 0 Å². The highest BCUT2D eigenvalue weighted by molar-refractivity contribution is 7.09. The highest BCUT2D eigenvalue weighted by Gasteiger charge is 2.08. The molecule has 17 heavy (non-hydrogen) atoms. The SMILES string of the molecule is CCCn1nncc1NC(C)Cc1cccs1. The molecule has 0 radical (unpaired) electrons. The molecule has 1 atom stereocenters. The maximum absolute atomic E-state index is 4.06. The van der Waals surface area contributed by atoms with Gasteiger partial charge >= 0.3 is 0 Å². The summed E-state index contributed by atoms with van der Waals surface area (Å²) in [7, 11) is 0. The molecule has 0 aliphatic rings. The second-order valence-corrected chi connectivity index (χ2v) is 5.20. The van der Waals surface area contributed by atoms with Crippen LogP contribution < -0.4 is 5.32 Å². The van der Waals surface area contributed by atoms with Gasteiger partial charge in [0.05, 0.1) is 6.20 Å². The fourth-order valence-electron chi connectivity index (χ4n) is 1.78. The summed E-state index contributed by atoms with van der Waals surface area (Å²) in [5.74, 6) is 1.01. The molecule has 0 aliphatic heterocycles. The van der Waals surface area contributed by atoms with E-state index in [-0.39, 0.29) is 0 Å². The van der Waals surface area contributed by atoms with E-state index in [0.717, 1.165) is 25.2 Å². The molecule has 2 rings (SSSR count). The van der Waals surface area contributed by atoms with E-state index in [4.69, 9.17) is 0 Å². The summed E-state index contributed by atoms with van der Waals surface area (Å²) in [6.07, 6.45) is 3.90. The summed E-state index contributed by atoms with van der Waals surface area (Å²) in [5, 5.41) is 13.6. The molecule has 1 unspecified atom stereocenters. The van der Waals surface area contributed by atoms with Gasteiger partial charge < -0.3 is 5.32 Å². The minimum Gasteiger partial charge on any atom is -0.366 e. The fourth-order valence-corrected chi connectivity index (χ4v) is 2.62. The van der Waals surface area contributed by atoms with Crippen LogP contribution in [-0.4, -0.2) is 21.0 Å². The Balaban J connectivity index is 1.93. The Hall–Kier alpha value is -1.36. The quantitative estimate of drug-likeness (QED) is 0.857. The van der Waals surface area contributed by atoms with Crippen LogP contribution in [0.3, 0.4) is 0 Å². The van der Waals surface area contributed by atoms with E-state index >= 15 is 0 Å². The average Bonchev–Trinajstić information content (AvgIpc) is 2.92. The number of anilines is 1. The second kappa shape index (κ2) is 5.82. The van der Waals surface area contributed by atoms with Crippen molar-refractivity contribution in [3.63, 3.8) is 0 Å². The van der Waals surface area contributed by atoms with Crippen LogP contribution >= 0.6 is 11.3 Å². The third-order valence-corrected chi connectivity index (χ3v) is 3.43. The van der Waals surface area contributed by atoms with E-state index in [1.807, 2.05) is 4.68 Å². The lowest BCUT2D eigenvalue weighted by molar-refractivity contribution is 0.579. The van der Waals surface area contributed by atoms with Crippen molar-refractivity contribution >= 4 is 17.2 Å². The molecular weight excluding hydrogens is 232 g/mol. The summed E-state index contributed by atoms with van der Waals surface area (Å²) < 4.78 is 1.92. The molecule has 2 aromatic heterocycles. The van der Waals surface area contributed by atoms with Crippen molar-refractivity contribution in [2.75, 3.05) is 5.32 Å². The van der Waals surface area contributed by atoms with Gasteiger partial charge in [-0.2, -0.15) is 0 Å². The number of rotatable bonds is 6. The predicted molar refractivity (Wildman–Crippen MR) is 71.4 cm³/mol. The first-order chi connectivity index (χ1) is 8.29. The Kier molecular flexibility index (Phi) is 4.14. The number of aryl methyl sites for hydroxylation is 1. The van der Waals surface area contributed by atoms with E-state index in [1.54, 1.807) is 17.5 Å². The average molecular weight is 250 g/mol. The number of hydrogen-bond donors (Lipinski definition) is 1. The van der Waals surface area contributed by atoms with Gasteiger partial charge in [-0.3, -0.25) is 0 Å². The number of thiophene rings is 1. The van der Waals surface area contributed by atoms with Gasteiger partial charge in [0, 0.05) is 23.9 Å². The molecule has 0 bridgehead atoms. The molecule has 0 fully saturated rings. The van der Waals surface area contributed by atoms with Crippen LogP contribution in [0.15, 0.2) is 23.7 Å². The molecule has 0 saturated heterocycles. The van der Waals surface area contributed by atoms with Crippen molar-refractivity contribution < 1.29 is 0 Å². The highest BCUT2D eigenvalue weighted by atomic mass is 32.1. The normalized spacial score (nSPS) is 12.6. The predicted octanol–water partition coefficient (Wildman–Crippen LogP) is 2.79. The number of nitrogens with one attached hydrogen (secondary N) is 1. The summed E-state index contributed by atoms with van der Waals surface area (Å²) in [6, 6.07) is 4.66. The van der Waals surface area contributed by atoms with Gasteiger partial charge in [0.15, 0.2) is 0 Å². The monoisotopic (exact) mass is 250 g/mol. The van der Waals surface area contributed by atoms with Crippen LogP contribution in [0.2, 0.25) is 0 Å². The maximum Gasteiger partial charge on any atom is 0.145 e. The van der Waals surface area contributed by atoms with Crippen molar-refractivity contribution in [3.05, 3.63) is 28.6 Å². The van der Waals surface area contributed by atoms with Crippen LogP contribution in [0.5, 0.6) is 0 Å². The van der Waals surface area contributed by atoms with Gasteiger partial charge in [-0.05, 0) is 24.8 Å². The van der Waals surface area contributed by atoms with Crippen LogP contribution in [0.4, 0.5) is 5.82 Å². The number of aromatic nitrogens is 3. The van der Waals surface area contributed by atoms with E-state index in [2.05, 4.69) is 47.0 Å². The molecule has 2 aromatic rings. The Bertz CT molecular complexity index is 435. The smallest absolute Gasteiger partial charge is 0.145 e.